The largest absolute Gasteiger partial charge is 0.338 e. The van der Waals surface area contributed by atoms with Crippen LogP contribution in [0.2, 0.25) is 0 Å². The van der Waals surface area contributed by atoms with Crippen molar-refractivity contribution in [1.29, 1.82) is 0 Å². The summed E-state index contributed by atoms with van der Waals surface area (Å²) in [4.78, 5) is 6.83. The van der Waals surface area contributed by atoms with Crippen LogP contribution in [0.1, 0.15) is 37.6 Å². The Morgan fingerprint density at radius 1 is 1.22 bits per heavy atom. The fraction of sp³-hybridized carbons (Fsp3) is 0.833. The van der Waals surface area contributed by atoms with Gasteiger partial charge in [-0.1, -0.05) is 12.8 Å². The highest BCUT2D eigenvalue weighted by molar-refractivity contribution is 7.99. The lowest BCUT2D eigenvalue weighted by Crippen LogP contribution is -2.30. The highest BCUT2D eigenvalue weighted by atomic mass is 32.2. The molecule has 0 radical (unpaired) electrons. The molecule has 1 unspecified atom stereocenters. The molecule has 5 nitrogen and oxygen atoms in total. The predicted octanol–water partition coefficient (Wildman–Crippen LogP) is 1.83. The monoisotopic (exact) mass is 268 g/mol. The topological polar surface area (TPSA) is 54.2 Å². The number of hydrogen-bond donors (Lipinski definition) is 1. The van der Waals surface area contributed by atoms with Crippen molar-refractivity contribution in [2.24, 2.45) is 0 Å². The van der Waals surface area contributed by atoms with Gasteiger partial charge in [-0.2, -0.15) is 16.7 Å². The van der Waals surface area contributed by atoms with Crippen LogP contribution >= 0.6 is 11.8 Å². The van der Waals surface area contributed by atoms with E-state index < -0.39 is 0 Å². The van der Waals surface area contributed by atoms with E-state index in [-0.39, 0.29) is 6.04 Å². The molecule has 2 aliphatic rings. The van der Waals surface area contributed by atoms with E-state index in [1.807, 2.05) is 11.8 Å². The molecule has 2 aliphatic heterocycles. The molecule has 2 saturated heterocycles. The predicted molar refractivity (Wildman–Crippen MR) is 73.0 cm³/mol. The van der Waals surface area contributed by atoms with Crippen LogP contribution in [0.3, 0.4) is 0 Å². The minimum Gasteiger partial charge on any atom is -0.338 e. The summed E-state index contributed by atoms with van der Waals surface area (Å²) in [7, 11) is 0. The molecule has 6 heteroatoms. The number of rotatable bonds is 2. The van der Waals surface area contributed by atoms with Crippen LogP contribution in [0.15, 0.2) is 4.52 Å². The molecule has 2 fully saturated rings. The van der Waals surface area contributed by atoms with Gasteiger partial charge < -0.3 is 14.7 Å². The maximum Gasteiger partial charge on any atom is 0.266 e. The van der Waals surface area contributed by atoms with Crippen molar-refractivity contribution in [1.82, 2.24) is 15.5 Å². The van der Waals surface area contributed by atoms with Crippen LogP contribution in [0.25, 0.3) is 0 Å². The zero-order valence-corrected chi connectivity index (χ0v) is 11.4. The average molecular weight is 268 g/mol. The van der Waals surface area contributed by atoms with Gasteiger partial charge in [0.15, 0.2) is 0 Å². The zero-order chi connectivity index (χ0) is 12.2. The molecule has 1 N–H and O–H groups in total. The highest BCUT2D eigenvalue weighted by Crippen LogP contribution is 2.23. The molecular weight excluding hydrogens is 248 g/mol. The molecule has 3 rings (SSSR count). The van der Waals surface area contributed by atoms with E-state index >= 15 is 0 Å². The molecule has 1 aromatic heterocycles. The third-order valence-corrected chi connectivity index (χ3v) is 4.60. The maximum absolute atomic E-state index is 5.42. The molecule has 0 aromatic carbocycles. The van der Waals surface area contributed by atoms with Crippen LogP contribution in [-0.4, -0.2) is 41.3 Å². The lowest BCUT2D eigenvalue weighted by Gasteiger charge is -2.19. The van der Waals surface area contributed by atoms with E-state index in [1.165, 1.54) is 31.4 Å². The van der Waals surface area contributed by atoms with E-state index in [0.29, 0.717) is 0 Å². The Hall–Kier alpha value is -0.750. The van der Waals surface area contributed by atoms with E-state index in [2.05, 4.69) is 20.4 Å². The number of anilines is 1. The number of nitrogens with zero attached hydrogens (tertiary/aromatic N) is 3. The maximum atomic E-state index is 5.42. The summed E-state index contributed by atoms with van der Waals surface area (Å²) in [5.41, 5.74) is 0. The second-order valence-electron chi connectivity index (χ2n) is 4.92. The average Bonchev–Trinajstić information content (AvgIpc) is 2.76. The molecule has 18 heavy (non-hydrogen) atoms. The van der Waals surface area contributed by atoms with E-state index in [1.54, 1.807) is 0 Å². The van der Waals surface area contributed by atoms with Crippen molar-refractivity contribution in [2.75, 3.05) is 36.0 Å². The third kappa shape index (κ3) is 2.80. The van der Waals surface area contributed by atoms with Crippen LogP contribution < -0.4 is 10.2 Å². The SMILES string of the molecule is C1CCCN(c2noc(C3CSCCN3)n2)CC1. The van der Waals surface area contributed by atoms with Gasteiger partial charge in [0, 0.05) is 31.1 Å². The van der Waals surface area contributed by atoms with Gasteiger partial charge >= 0.3 is 0 Å². The van der Waals surface area contributed by atoms with Crippen molar-refractivity contribution in [3.8, 4) is 0 Å². The Morgan fingerprint density at radius 3 is 2.78 bits per heavy atom. The summed E-state index contributed by atoms with van der Waals surface area (Å²) in [5.74, 6) is 3.73. The van der Waals surface area contributed by atoms with E-state index in [4.69, 9.17) is 4.52 Å². The van der Waals surface area contributed by atoms with Gasteiger partial charge in [-0.15, -0.1) is 0 Å². The van der Waals surface area contributed by atoms with Crippen LogP contribution in [-0.2, 0) is 0 Å². The van der Waals surface area contributed by atoms with Crippen LogP contribution in [0.4, 0.5) is 5.95 Å². The first-order valence-electron chi connectivity index (χ1n) is 6.83. The minimum atomic E-state index is 0.233. The number of aromatic nitrogens is 2. The fourth-order valence-corrected chi connectivity index (χ4v) is 3.42. The van der Waals surface area contributed by atoms with Crippen LogP contribution in [0, 0.1) is 0 Å². The van der Waals surface area contributed by atoms with Gasteiger partial charge in [-0.3, -0.25) is 0 Å². The first kappa shape index (κ1) is 12.3. The summed E-state index contributed by atoms with van der Waals surface area (Å²) in [6, 6.07) is 0.233. The molecule has 1 atom stereocenters. The second-order valence-corrected chi connectivity index (χ2v) is 6.07. The van der Waals surface area contributed by atoms with Gasteiger partial charge in [-0.25, -0.2) is 0 Å². The lowest BCUT2D eigenvalue weighted by atomic mass is 10.2. The zero-order valence-electron chi connectivity index (χ0n) is 10.6. The summed E-state index contributed by atoms with van der Waals surface area (Å²) in [5, 5.41) is 7.58. The summed E-state index contributed by atoms with van der Waals surface area (Å²) in [6.07, 6.45) is 5.12. The van der Waals surface area contributed by atoms with Crippen molar-refractivity contribution < 1.29 is 4.52 Å². The van der Waals surface area contributed by atoms with Gasteiger partial charge in [0.25, 0.3) is 5.95 Å². The standard InChI is InChI=1S/C12H20N4OS/c1-2-4-7-16(6-3-1)12-14-11(17-15-12)10-9-18-8-5-13-10/h10,13H,1-9H2. The molecule has 0 bridgehead atoms. The first-order valence-corrected chi connectivity index (χ1v) is 7.98. The molecule has 0 aliphatic carbocycles. The molecule has 0 spiro atoms. The third-order valence-electron chi connectivity index (χ3n) is 3.54. The van der Waals surface area contributed by atoms with Gasteiger partial charge in [0.1, 0.15) is 0 Å². The van der Waals surface area contributed by atoms with Crippen molar-refractivity contribution in [3.05, 3.63) is 5.89 Å². The highest BCUT2D eigenvalue weighted by Gasteiger charge is 2.23. The van der Waals surface area contributed by atoms with E-state index in [9.17, 15) is 0 Å². The minimum absolute atomic E-state index is 0.233. The number of hydrogen-bond acceptors (Lipinski definition) is 6. The Morgan fingerprint density at radius 2 is 2.06 bits per heavy atom. The summed E-state index contributed by atoms with van der Waals surface area (Å²) >= 11 is 1.94. The number of nitrogens with one attached hydrogen (secondary N) is 1. The van der Waals surface area contributed by atoms with E-state index in [0.717, 1.165) is 37.2 Å². The Kier molecular flexibility index (Phi) is 4.05. The van der Waals surface area contributed by atoms with Gasteiger partial charge in [-0.05, 0) is 18.0 Å². The normalized spacial score (nSPS) is 26.0. The summed E-state index contributed by atoms with van der Waals surface area (Å²) < 4.78 is 5.42. The Labute approximate surface area is 112 Å². The molecule has 0 saturated carbocycles. The number of thioether (sulfide) groups is 1. The van der Waals surface area contributed by atoms with Crippen molar-refractivity contribution >= 4 is 17.7 Å². The van der Waals surface area contributed by atoms with Crippen molar-refractivity contribution in [2.45, 2.75) is 31.7 Å². The first-order chi connectivity index (χ1) is 8.93. The lowest BCUT2D eigenvalue weighted by molar-refractivity contribution is 0.341. The molecule has 1 aromatic rings. The summed E-state index contributed by atoms with van der Waals surface area (Å²) in [6.45, 7) is 3.15. The second kappa shape index (κ2) is 5.93. The fourth-order valence-electron chi connectivity index (χ4n) is 2.49. The quantitative estimate of drug-likeness (QED) is 0.883. The Bertz CT molecular complexity index is 370. The van der Waals surface area contributed by atoms with Crippen molar-refractivity contribution in [3.63, 3.8) is 0 Å². The smallest absolute Gasteiger partial charge is 0.266 e. The van der Waals surface area contributed by atoms with Gasteiger partial charge in [0.05, 0.1) is 6.04 Å². The van der Waals surface area contributed by atoms with Crippen LogP contribution in [0.5, 0.6) is 0 Å². The molecule has 0 amide bonds. The Balaban J connectivity index is 1.67. The molecule has 3 heterocycles. The van der Waals surface area contributed by atoms with Gasteiger partial charge in [0.2, 0.25) is 5.89 Å². The molecular formula is C12H20N4OS. The molecule has 100 valence electrons.